The molecule has 2 atom stereocenters. The zero-order chi connectivity index (χ0) is 26.3. The van der Waals surface area contributed by atoms with Crippen LogP contribution in [0.2, 0.25) is 0 Å². The van der Waals surface area contributed by atoms with Crippen molar-refractivity contribution in [1.29, 1.82) is 0 Å². The number of hydrogen-bond donors (Lipinski definition) is 2. The van der Waals surface area contributed by atoms with Crippen LogP contribution in [0.25, 0.3) is 0 Å². The number of alkyl halides is 9. The summed E-state index contributed by atoms with van der Waals surface area (Å²) < 4.78 is 125. The van der Waals surface area contributed by atoms with Crippen LogP contribution in [0.5, 0.6) is 17.2 Å². The number of aliphatic carboxylic acids is 1. The maximum Gasteiger partial charge on any atom is 0.573 e. The quantitative estimate of drug-likeness (QED) is 0.343. The van der Waals surface area contributed by atoms with Crippen molar-refractivity contribution in [2.45, 2.75) is 58.1 Å². The normalized spacial score (nSPS) is 14.4. The smallest absolute Gasteiger partial charge is 0.481 e. The minimum absolute atomic E-state index is 0.0148. The van der Waals surface area contributed by atoms with Gasteiger partial charge >= 0.3 is 25.1 Å². The molecule has 0 radical (unpaired) electrons. The summed E-state index contributed by atoms with van der Waals surface area (Å²) in [4.78, 5) is 11.1. The van der Waals surface area contributed by atoms with E-state index in [1.54, 1.807) is 6.92 Å². The van der Waals surface area contributed by atoms with Gasteiger partial charge in [-0.3, -0.25) is 4.79 Å². The van der Waals surface area contributed by atoms with E-state index in [1.165, 1.54) is 0 Å². The first-order chi connectivity index (χ1) is 15.4. The van der Waals surface area contributed by atoms with E-state index in [9.17, 15) is 44.3 Å². The zero-order valence-corrected chi connectivity index (χ0v) is 17.6. The number of rotatable bonds is 12. The highest BCUT2D eigenvalue weighted by molar-refractivity contribution is 5.70. The molecular formula is C19H22F9NO5. The molecular weight excluding hydrogens is 493 g/mol. The van der Waals surface area contributed by atoms with Crippen LogP contribution in [-0.2, 0) is 11.2 Å². The highest BCUT2D eigenvalue weighted by atomic mass is 19.4. The molecule has 1 rings (SSSR count). The molecule has 0 spiro atoms. The second kappa shape index (κ2) is 11.7. The third kappa shape index (κ3) is 11.0. The Morgan fingerprint density at radius 1 is 0.971 bits per heavy atom. The van der Waals surface area contributed by atoms with Crippen molar-refractivity contribution in [3.63, 3.8) is 0 Å². The van der Waals surface area contributed by atoms with E-state index >= 15 is 0 Å². The van der Waals surface area contributed by atoms with Crippen molar-refractivity contribution in [2.24, 2.45) is 17.6 Å². The number of aryl methyl sites for hydroxylation is 1. The molecule has 0 amide bonds. The summed E-state index contributed by atoms with van der Waals surface area (Å²) in [6, 6.07) is 0.456. The maximum absolute atomic E-state index is 12.8. The number of nitrogens with two attached hydrogens (primary N) is 1. The van der Waals surface area contributed by atoms with Crippen molar-refractivity contribution in [3.8, 4) is 17.2 Å². The summed E-state index contributed by atoms with van der Waals surface area (Å²) in [5.41, 5.74) is 4.71. The van der Waals surface area contributed by atoms with Crippen LogP contribution >= 0.6 is 0 Å². The Bertz CT molecular complexity index is 809. The fourth-order valence-electron chi connectivity index (χ4n) is 3.21. The summed E-state index contributed by atoms with van der Waals surface area (Å²) in [5, 5.41) is 9.10. The van der Waals surface area contributed by atoms with Crippen LogP contribution < -0.4 is 19.9 Å². The van der Waals surface area contributed by atoms with Crippen LogP contribution in [0.1, 0.15) is 38.2 Å². The summed E-state index contributed by atoms with van der Waals surface area (Å²) >= 11 is 0. The number of benzene rings is 1. The Morgan fingerprint density at radius 3 is 1.97 bits per heavy atom. The average Bonchev–Trinajstić information content (AvgIpc) is 2.63. The molecule has 0 saturated carbocycles. The van der Waals surface area contributed by atoms with Crippen molar-refractivity contribution in [2.75, 3.05) is 6.54 Å². The van der Waals surface area contributed by atoms with Crippen LogP contribution in [0, 0.1) is 11.8 Å². The Labute approximate surface area is 187 Å². The molecule has 15 heteroatoms. The van der Waals surface area contributed by atoms with Crippen molar-refractivity contribution in [3.05, 3.63) is 17.7 Å². The molecule has 34 heavy (non-hydrogen) atoms. The lowest BCUT2D eigenvalue weighted by Crippen LogP contribution is -2.25. The van der Waals surface area contributed by atoms with Gasteiger partial charge in [-0.05, 0) is 31.2 Å². The molecule has 0 heterocycles. The van der Waals surface area contributed by atoms with Gasteiger partial charge < -0.3 is 25.1 Å². The lowest BCUT2D eigenvalue weighted by molar-refractivity contribution is -0.288. The lowest BCUT2D eigenvalue weighted by Gasteiger charge is -2.21. The minimum atomic E-state index is -5.54. The molecule has 0 aliphatic heterocycles. The number of ether oxygens (including phenoxy) is 3. The Balaban J connectivity index is 3.27. The van der Waals surface area contributed by atoms with E-state index in [-0.39, 0.29) is 37.8 Å². The van der Waals surface area contributed by atoms with Gasteiger partial charge in [0.05, 0.1) is 5.92 Å². The van der Waals surface area contributed by atoms with Gasteiger partial charge in [0.1, 0.15) is 5.75 Å². The Morgan fingerprint density at radius 2 is 1.53 bits per heavy atom. The molecule has 0 aliphatic carbocycles. The van der Waals surface area contributed by atoms with Gasteiger partial charge in [-0.25, -0.2) is 0 Å². The fraction of sp³-hybridized carbons (Fsp3) is 0.632. The van der Waals surface area contributed by atoms with E-state index in [1.807, 2.05) is 0 Å². The standard InChI is InChI=1S/C19H22F9NO5/c1-2-10(6-12(9-29)16(30)31)4-3-5-11-7-13(32-17(20,21)22)8-14(33-18(23,24)25)15(11)34-19(26,27)28/h7-8,10,12H,2-6,9,29H2,1H3,(H,30,31). The number of halogens is 9. The molecule has 3 N–H and O–H groups in total. The topological polar surface area (TPSA) is 91.0 Å². The highest BCUT2D eigenvalue weighted by Crippen LogP contribution is 2.43. The number of carbonyl (C=O) groups is 1. The van der Waals surface area contributed by atoms with Gasteiger partial charge in [-0.1, -0.05) is 19.8 Å². The summed E-state index contributed by atoms with van der Waals surface area (Å²) in [6.07, 6.45) is -16.1. The van der Waals surface area contributed by atoms with Gasteiger partial charge in [-0.2, -0.15) is 0 Å². The molecule has 0 bridgehead atoms. The number of carboxylic acid groups (broad SMARTS) is 1. The van der Waals surface area contributed by atoms with Crippen molar-refractivity contribution >= 4 is 5.97 Å². The fourth-order valence-corrected chi connectivity index (χ4v) is 3.21. The van der Waals surface area contributed by atoms with Crippen LogP contribution in [0.3, 0.4) is 0 Å². The maximum atomic E-state index is 12.8. The van der Waals surface area contributed by atoms with E-state index in [0.717, 1.165) is 0 Å². The second-order valence-corrected chi connectivity index (χ2v) is 7.23. The summed E-state index contributed by atoms with van der Waals surface area (Å²) in [5.74, 6) is -6.66. The predicted octanol–water partition coefficient (Wildman–Crippen LogP) is 5.78. The van der Waals surface area contributed by atoms with Crippen LogP contribution in [0.4, 0.5) is 39.5 Å². The highest BCUT2D eigenvalue weighted by Gasteiger charge is 2.39. The molecule has 0 aromatic heterocycles. The predicted molar refractivity (Wildman–Crippen MR) is 98.0 cm³/mol. The Hall–Kier alpha value is -2.58. The third-order valence-electron chi connectivity index (χ3n) is 4.67. The Kier molecular flexibility index (Phi) is 10.1. The molecule has 1 aromatic carbocycles. The minimum Gasteiger partial charge on any atom is -0.481 e. The van der Waals surface area contributed by atoms with Crippen LogP contribution in [-0.4, -0.2) is 36.7 Å². The lowest BCUT2D eigenvalue weighted by atomic mass is 9.88. The van der Waals surface area contributed by atoms with Gasteiger partial charge in [0.2, 0.25) is 0 Å². The largest absolute Gasteiger partial charge is 0.573 e. The average molecular weight is 515 g/mol. The van der Waals surface area contributed by atoms with Gasteiger partial charge in [0.15, 0.2) is 11.5 Å². The summed E-state index contributed by atoms with van der Waals surface area (Å²) in [7, 11) is 0. The molecule has 0 aliphatic rings. The molecule has 6 nitrogen and oxygen atoms in total. The molecule has 0 fully saturated rings. The zero-order valence-electron chi connectivity index (χ0n) is 17.6. The van der Waals surface area contributed by atoms with Crippen LogP contribution in [0.15, 0.2) is 12.1 Å². The second-order valence-electron chi connectivity index (χ2n) is 7.23. The van der Waals surface area contributed by atoms with E-state index in [4.69, 9.17) is 10.8 Å². The SMILES string of the molecule is CCC(CCCc1cc(OC(F)(F)F)cc(OC(F)(F)F)c1OC(F)(F)F)CC(CN)C(=O)O. The molecule has 2 unspecified atom stereocenters. The monoisotopic (exact) mass is 515 g/mol. The van der Waals surface area contributed by atoms with E-state index in [0.29, 0.717) is 12.5 Å². The first kappa shape index (κ1) is 29.5. The molecule has 0 saturated heterocycles. The van der Waals surface area contributed by atoms with Crippen molar-refractivity contribution in [1.82, 2.24) is 0 Å². The van der Waals surface area contributed by atoms with Crippen molar-refractivity contribution < 1.29 is 63.6 Å². The van der Waals surface area contributed by atoms with Gasteiger partial charge in [0, 0.05) is 18.2 Å². The molecule has 1 aromatic rings. The van der Waals surface area contributed by atoms with E-state index in [2.05, 4.69) is 14.2 Å². The van der Waals surface area contributed by atoms with E-state index < -0.39 is 60.2 Å². The number of hydrogen-bond acceptors (Lipinski definition) is 5. The van der Waals surface area contributed by atoms with Gasteiger partial charge in [-0.15, -0.1) is 39.5 Å². The number of carboxylic acids is 1. The first-order valence-electron chi connectivity index (χ1n) is 9.81. The molecule has 196 valence electrons. The summed E-state index contributed by atoms with van der Waals surface area (Å²) in [6.45, 7) is 1.55. The first-order valence-corrected chi connectivity index (χ1v) is 9.81. The third-order valence-corrected chi connectivity index (χ3v) is 4.67. The van der Waals surface area contributed by atoms with Gasteiger partial charge in [0.25, 0.3) is 0 Å².